The maximum Gasteiger partial charge on any atom is 0.329 e. The van der Waals surface area contributed by atoms with Gasteiger partial charge in [0.15, 0.2) is 0 Å². The van der Waals surface area contributed by atoms with Gasteiger partial charge in [0.2, 0.25) is 0 Å². The van der Waals surface area contributed by atoms with Crippen LogP contribution in [0, 0.1) is 6.92 Å². The van der Waals surface area contributed by atoms with Crippen molar-refractivity contribution in [2.45, 2.75) is 13.8 Å². The number of aryl methyl sites for hydroxylation is 1. The number of rotatable bonds is 6. The SMILES string of the molecule is CCN(C(=O)COCC(=O)O)c1cccc(C)c1. The first kappa shape index (κ1) is 14.2. The summed E-state index contributed by atoms with van der Waals surface area (Å²) >= 11 is 0. The van der Waals surface area contributed by atoms with E-state index >= 15 is 0 Å². The number of aliphatic carboxylic acids is 1. The lowest BCUT2D eigenvalue weighted by molar-refractivity contribution is -0.143. The second kappa shape index (κ2) is 6.76. The van der Waals surface area contributed by atoms with E-state index in [1.165, 1.54) is 0 Å². The summed E-state index contributed by atoms with van der Waals surface area (Å²) in [4.78, 5) is 23.7. The van der Waals surface area contributed by atoms with Crippen LogP contribution in [-0.2, 0) is 14.3 Å². The van der Waals surface area contributed by atoms with Gasteiger partial charge < -0.3 is 14.7 Å². The summed E-state index contributed by atoms with van der Waals surface area (Å²) in [6, 6.07) is 7.56. The highest BCUT2D eigenvalue weighted by atomic mass is 16.5. The molecule has 1 N–H and O–H groups in total. The number of likely N-dealkylation sites (N-methyl/N-ethyl adjacent to an activating group) is 1. The number of hydrogen-bond acceptors (Lipinski definition) is 3. The molecule has 0 fully saturated rings. The number of carbonyl (C=O) groups excluding carboxylic acids is 1. The first-order valence-electron chi connectivity index (χ1n) is 5.71. The Balaban J connectivity index is 2.65. The molecule has 1 aromatic carbocycles. The van der Waals surface area contributed by atoms with Crippen molar-refractivity contribution in [1.82, 2.24) is 0 Å². The van der Waals surface area contributed by atoms with E-state index in [-0.39, 0.29) is 12.5 Å². The van der Waals surface area contributed by atoms with E-state index in [4.69, 9.17) is 9.84 Å². The van der Waals surface area contributed by atoms with E-state index in [1.54, 1.807) is 4.90 Å². The maximum atomic E-state index is 11.9. The van der Waals surface area contributed by atoms with Crippen LogP contribution in [0.3, 0.4) is 0 Å². The van der Waals surface area contributed by atoms with E-state index in [2.05, 4.69) is 0 Å². The van der Waals surface area contributed by atoms with E-state index < -0.39 is 12.6 Å². The van der Waals surface area contributed by atoms with Gasteiger partial charge in [0.05, 0.1) is 0 Å². The van der Waals surface area contributed by atoms with Gasteiger partial charge in [-0.3, -0.25) is 4.79 Å². The zero-order valence-corrected chi connectivity index (χ0v) is 10.5. The molecule has 0 heterocycles. The van der Waals surface area contributed by atoms with Gasteiger partial charge in [-0.15, -0.1) is 0 Å². The van der Waals surface area contributed by atoms with Crippen molar-refractivity contribution in [2.24, 2.45) is 0 Å². The molecule has 1 rings (SSSR count). The smallest absolute Gasteiger partial charge is 0.329 e. The van der Waals surface area contributed by atoms with Crippen LogP contribution in [0.15, 0.2) is 24.3 Å². The predicted molar refractivity (Wildman–Crippen MR) is 67.7 cm³/mol. The molecule has 0 radical (unpaired) electrons. The Morgan fingerprint density at radius 1 is 1.33 bits per heavy atom. The number of benzene rings is 1. The van der Waals surface area contributed by atoms with Gasteiger partial charge in [0.1, 0.15) is 13.2 Å². The second-order valence-electron chi connectivity index (χ2n) is 3.86. The van der Waals surface area contributed by atoms with Crippen LogP contribution in [0.2, 0.25) is 0 Å². The zero-order chi connectivity index (χ0) is 13.5. The number of hydrogen-bond donors (Lipinski definition) is 1. The van der Waals surface area contributed by atoms with Crippen molar-refractivity contribution in [2.75, 3.05) is 24.7 Å². The van der Waals surface area contributed by atoms with Crippen LogP contribution in [0.1, 0.15) is 12.5 Å². The average Bonchev–Trinajstić information content (AvgIpc) is 2.29. The van der Waals surface area contributed by atoms with Gasteiger partial charge in [-0.1, -0.05) is 12.1 Å². The lowest BCUT2D eigenvalue weighted by atomic mass is 10.2. The molecule has 18 heavy (non-hydrogen) atoms. The molecule has 1 aromatic rings. The molecule has 1 amide bonds. The monoisotopic (exact) mass is 251 g/mol. The summed E-state index contributed by atoms with van der Waals surface area (Å²) in [5.74, 6) is -1.33. The molecule has 0 unspecified atom stereocenters. The molecule has 0 saturated heterocycles. The molecule has 0 saturated carbocycles. The normalized spacial score (nSPS) is 10.1. The summed E-state index contributed by atoms with van der Waals surface area (Å²) < 4.78 is 4.80. The van der Waals surface area contributed by atoms with Crippen molar-refractivity contribution < 1.29 is 19.4 Å². The third kappa shape index (κ3) is 4.18. The Morgan fingerprint density at radius 2 is 2.06 bits per heavy atom. The van der Waals surface area contributed by atoms with Gasteiger partial charge >= 0.3 is 5.97 Å². The Kier molecular flexibility index (Phi) is 5.32. The predicted octanol–water partition coefficient (Wildman–Crippen LogP) is 1.45. The fraction of sp³-hybridized carbons (Fsp3) is 0.385. The van der Waals surface area contributed by atoms with E-state index in [0.717, 1.165) is 11.3 Å². The molecule has 98 valence electrons. The standard InChI is InChI=1S/C13H17NO4/c1-3-14(11-6-4-5-10(2)7-11)12(15)8-18-9-13(16)17/h4-7H,3,8-9H2,1-2H3,(H,16,17). The Labute approximate surface area is 106 Å². The van der Waals surface area contributed by atoms with E-state index in [1.807, 2.05) is 38.1 Å². The van der Waals surface area contributed by atoms with Crippen molar-refractivity contribution >= 4 is 17.6 Å². The minimum absolute atomic E-state index is 0.228. The Bertz CT molecular complexity index is 431. The van der Waals surface area contributed by atoms with Crippen molar-refractivity contribution in [3.63, 3.8) is 0 Å². The molecule has 0 bridgehead atoms. The van der Waals surface area contributed by atoms with Crippen LogP contribution >= 0.6 is 0 Å². The summed E-state index contributed by atoms with van der Waals surface area (Å²) in [6.45, 7) is 3.63. The number of anilines is 1. The van der Waals surface area contributed by atoms with E-state index in [0.29, 0.717) is 6.54 Å². The number of carboxylic acid groups (broad SMARTS) is 1. The third-order valence-electron chi connectivity index (χ3n) is 2.38. The van der Waals surface area contributed by atoms with Gasteiger partial charge in [0.25, 0.3) is 5.91 Å². The van der Waals surface area contributed by atoms with Gasteiger partial charge in [0, 0.05) is 12.2 Å². The molecule has 0 aliphatic heterocycles. The van der Waals surface area contributed by atoms with Crippen LogP contribution in [0.4, 0.5) is 5.69 Å². The van der Waals surface area contributed by atoms with Gasteiger partial charge in [-0.05, 0) is 31.5 Å². The van der Waals surface area contributed by atoms with E-state index in [9.17, 15) is 9.59 Å². The maximum absolute atomic E-state index is 11.9. The highest BCUT2D eigenvalue weighted by Gasteiger charge is 2.14. The number of amides is 1. The lowest BCUT2D eigenvalue weighted by Gasteiger charge is -2.21. The molecule has 0 aliphatic rings. The first-order chi connectivity index (χ1) is 8.54. The third-order valence-corrected chi connectivity index (χ3v) is 2.38. The zero-order valence-electron chi connectivity index (χ0n) is 10.5. The van der Waals surface area contributed by atoms with Crippen LogP contribution in [0.5, 0.6) is 0 Å². The van der Waals surface area contributed by atoms with Crippen LogP contribution < -0.4 is 4.90 Å². The fourth-order valence-corrected chi connectivity index (χ4v) is 1.60. The summed E-state index contributed by atoms with van der Waals surface area (Å²) in [6.07, 6.45) is 0. The number of carbonyl (C=O) groups is 2. The van der Waals surface area contributed by atoms with Crippen molar-refractivity contribution in [3.8, 4) is 0 Å². The number of nitrogens with zero attached hydrogens (tertiary/aromatic N) is 1. The second-order valence-corrected chi connectivity index (χ2v) is 3.86. The molecule has 0 aromatic heterocycles. The molecule has 5 nitrogen and oxygen atoms in total. The quantitative estimate of drug-likeness (QED) is 0.831. The van der Waals surface area contributed by atoms with Crippen molar-refractivity contribution in [1.29, 1.82) is 0 Å². The molecule has 0 aliphatic carbocycles. The molecule has 0 atom stereocenters. The highest BCUT2D eigenvalue weighted by Crippen LogP contribution is 2.15. The Hall–Kier alpha value is -1.88. The summed E-state index contributed by atoms with van der Waals surface area (Å²) in [5, 5.41) is 8.43. The lowest BCUT2D eigenvalue weighted by Crippen LogP contribution is -2.34. The number of carboxylic acids is 1. The summed E-state index contributed by atoms with van der Waals surface area (Å²) in [7, 11) is 0. The number of ether oxygens (including phenoxy) is 1. The fourth-order valence-electron chi connectivity index (χ4n) is 1.60. The molecular formula is C13H17NO4. The van der Waals surface area contributed by atoms with Crippen LogP contribution in [0.25, 0.3) is 0 Å². The first-order valence-corrected chi connectivity index (χ1v) is 5.71. The molecule has 5 heteroatoms. The molecular weight excluding hydrogens is 234 g/mol. The largest absolute Gasteiger partial charge is 0.480 e. The summed E-state index contributed by atoms with van der Waals surface area (Å²) in [5.41, 5.74) is 1.85. The van der Waals surface area contributed by atoms with Gasteiger partial charge in [-0.2, -0.15) is 0 Å². The topological polar surface area (TPSA) is 66.8 Å². The van der Waals surface area contributed by atoms with Crippen molar-refractivity contribution in [3.05, 3.63) is 29.8 Å². The Morgan fingerprint density at radius 3 is 2.61 bits per heavy atom. The van der Waals surface area contributed by atoms with Crippen LogP contribution in [-0.4, -0.2) is 36.7 Å². The van der Waals surface area contributed by atoms with Gasteiger partial charge in [-0.25, -0.2) is 4.79 Å². The molecule has 0 spiro atoms. The average molecular weight is 251 g/mol. The minimum atomic E-state index is -1.08. The highest BCUT2D eigenvalue weighted by molar-refractivity contribution is 5.94. The minimum Gasteiger partial charge on any atom is -0.480 e.